The number of hydrogen-bond donors (Lipinski definition) is 2. The van der Waals surface area contributed by atoms with Crippen LogP contribution in [0.25, 0.3) is 0 Å². The molecule has 2 atom stereocenters. The van der Waals surface area contributed by atoms with Crippen LogP contribution in [0.2, 0.25) is 0 Å². The van der Waals surface area contributed by atoms with Crippen LogP contribution < -0.4 is 0 Å². The molecule has 0 aliphatic heterocycles. The Kier molecular flexibility index (Phi) is 6.12. The van der Waals surface area contributed by atoms with Crippen molar-refractivity contribution in [1.29, 1.82) is 0 Å². The van der Waals surface area contributed by atoms with Crippen molar-refractivity contribution in [3.63, 3.8) is 0 Å². The molecule has 0 aromatic rings. The molecule has 0 aliphatic rings. The highest BCUT2D eigenvalue weighted by Crippen LogP contribution is 2.03. The molecule has 3 heteroatoms. The first-order chi connectivity index (χ1) is 5.22. The zero-order valence-electron chi connectivity index (χ0n) is 6.86. The first kappa shape index (κ1) is 10.6. The van der Waals surface area contributed by atoms with Crippen molar-refractivity contribution < 1.29 is 14.9 Å². The summed E-state index contributed by atoms with van der Waals surface area (Å²) in [6, 6.07) is 0. The van der Waals surface area contributed by atoms with Gasteiger partial charge in [0.15, 0.2) is 0 Å². The lowest BCUT2D eigenvalue weighted by Gasteiger charge is -2.18. The number of hydrogen-bond acceptors (Lipinski definition) is 3. The normalized spacial score (nSPS) is 15.9. The van der Waals surface area contributed by atoms with Crippen LogP contribution in [-0.2, 0) is 4.74 Å². The highest BCUT2D eigenvalue weighted by Gasteiger charge is 2.13. The third-order valence-electron chi connectivity index (χ3n) is 1.38. The highest BCUT2D eigenvalue weighted by molar-refractivity contribution is 4.69. The maximum Gasteiger partial charge on any atom is 0.0857 e. The van der Waals surface area contributed by atoms with E-state index in [4.69, 9.17) is 14.9 Å². The number of aliphatic hydroxyl groups is 2. The number of aliphatic hydroxyl groups excluding tert-OH is 2. The Hall–Kier alpha value is -0.380. The van der Waals surface area contributed by atoms with Crippen molar-refractivity contribution in [2.45, 2.75) is 25.6 Å². The summed E-state index contributed by atoms with van der Waals surface area (Å²) in [5.74, 6) is 0. The van der Waals surface area contributed by atoms with Crippen molar-refractivity contribution in [2.75, 3.05) is 13.2 Å². The van der Waals surface area contributed by atoms with Crippen molar-refractivity contribution in [3.8, 4) is 0 Å². The molecular weight excluding hydrogens is 144 g/mol. The van der Waals surface area contributed by atoms with Gasteiger partial charge >= 0.3 is 0 Å². The molecule has 11 heavy (non-hydrogen) atoms. The van der Waals surface area contributed by atoms with Crippen molar-refractivity contribution in [1.82, 2.24) is 0 Å². The molecule has 2 unspecified atom stereocenters. The van der Waals surface area contributed by atoms with Crippen LogP contribution in [0.4, 0.5) is 0 Å². The summed E-state index contributed by atoms with van der Waals surface area (Å²) >= 11 is 0. The van der Waals surface area contributed by atoms with E-state index >= 15 is 0 Å². The van der Waals surface area contributed by atoms with Crippen LogP contribution >= 0.6 is 0 Å². The van der Waals surface area contributed by atoms with E-state index in [0.717, 1.165) is 0 Å². The average Bonchev–Trinajstić information content (AvgIpc) is 1.97. The van der Waals surface area contributed by atoms with Gasteiger partial charge in [0.05, 0.1) is 18.8 Å². The van der Waals surface area contributed by atoms with Crippen LogP contribution in [0.1, 0.15) is 13.3 Å². The summed E-state index contributed by atoms with van der Waals surface area (Å²) in [5, 5.41) is 17.7. The summed E-state index contributed by atoms with van der Waals surface area (Å²) in [6.45, 7) is 5.57. The molecule has 0 saturated carbocycles. The maximum atomic E-state index is 9.10. The van der Waals surface area contributed by atoms with Crippen molar-refractivity contribution in [3.05, 3.63) is 12.7 Å². The van der Waals surface area contributed by atoms with E-state index in [0.29, 0.717) is 13.0 Å². The van der Waals surface area contributed by atoms with Gasteiger partial charge in [-0.3, -0.25) is 0 Å². The Labute approximate surface area is 67.3 Å². The second-order valence-electron chi connectivity index (χ2n) is 2.41. The molecule has 0 aromatic carbocycles. The largest absolute Gasteiger partial charge is 0.396 e. The second kappa shape index (κ2) is 6.34. The highest BCUT2D eigenvalue weighted by atomic mass is 16.5. The molecular formula is C8H16O3. The van der Waals surface area contributed by atoms with Gasteiger partial charge in [0.1, 0.15) is 0 Å². The average molecular weight is 160 g/mol. The number of ether oxygens (including phenoxy) is 1. The van der Waals surface area contributed by atoms with E-state index < -0.39 is 6.10 Å². The molecule has 0 aromatic heterocycles. The standard InChI is InChI=1S/C8H16O3/c1-3-6-11-8(4-5-9)7(2)10/h3,7-10H,1,4-6H2,2H3. The fourth-order valence-corrected chi connectivity index (χ4v) is 0.783. The van der Waals surface area contributed by atoms with Crippen molar-refractivity contribution in [2.24, 2.45) is 0 Å². The lowest BCUT2D eigenvalue weighted by atomic mass is 10.2. The van der Waals surface area contributed by atoms with Gasteiger partial charge in [0.25, 0.3) is 0 Å². The Morgan fingerprint density at radius 1 is 1.64 bits per heavy atom. The third-order valence-corrected chi connectivity index (χ3v) is 1.38. The van der Waals surface area contributed by atoms with Gasteiger partial charge in [0, 0.05) is 6.61 Å². The zero-order chi connectivity index (χ0) is 8.69. The molecule has 0 bridgehead atoms. The van der Waals surface area contributed by atoms with Gasteiger partial charge in [-0.15, -0.1) is 6.58 Å². The predicted octanol–water partition coefficient (Wildman–Crippen LogP) is 0.321. The van der Waals surface area contributed by atoms with Gasteiger partial charge in [-0.25, -0.2) is 0 Å². The van der Waals surface area contributed by atoms with Crippen LogP contribution in [0.3, 0.4) is 0 Å². The van der Waals surface area contributed by atoms with Crippen LogP contribution in [0.5, 0.6) is 0 Å². The van der Waals surface area contributed by atoms with Gasteiger partial charge in [-0.1, -0.05) is 6.08 Å². The lowest BCUT2D eigenvalue weighted by Crippen LogP contribution is -2.27. The minimum absolute atomic E-state index is 0.0344. The molecule has 0 aliphatic carbocycles. The predicted molar refractivity (Wildman–Crippen MR) is 43.3 cm³/mol. The lowest BCUT2D eigenvalue weighted by molar-refractivity contribution is -0.0293. The number of rotatable bonds is 6. The SMILES string of the molecule is C=CCOC(CCO)C(C)O. The summed E-state index contributed by atoms with van der Waals surface area (Å²) in [5.41, 5.74) is 0. The Bertz CT molecular complexity index is 102. The molecule has 0 rings (SSSR count). The Morgan fingerprint density at radius 3 is 2.64 bits per heavy atom. The fraction of sp³-hybridized carbons (Fsp3) is 0.750. The Balaban J connectivity index is 3.59. The van der Waals surface area contributed by atoms with Gasteiger partial charge < -0.3 is 14.9 Å². The van der Waals surface area contributed by atoms with E-state index in [1.165, 1.54) is 0 Å². The first-order valence-corrected chi connectivity index (χ1v) is 3.73. The smallest absolute Gasteiger partial charge is 0.0857 e. The van der Waals surface area contributed by atoms with Crippen LogP contribution in [-0.4, -0.2) is 35.6 Å². The minimum Gasteiger partial charge on any atom is -0.396 e. The fourth-order valence-electron chi connectivity index (χ4n) is 0.783. The molecule has 0 spiro atoms. The van der Waals surface area contributed by atoms with E-state index in [1.54, 1.807) is 13.0 Å². The second-order valence-corrected chi connectivity index (χ2v) is 2.41. The molecule has 0 radical (unpaired) electrons. The monoisotopic (exact) mass is 160 g/mol. The van der Waals surface area contributed by atoms with Gasteiger partial charge in [0.2, 0.25) is 0 Å². The van der Waals surface area contributed by atoms with Crippen LogP contribution in [0.15, 0.2) is 12.7 Å². The van der Waals surface area contributed by atoms with E-state index in [2.05, 4.69) is 6.58 Å². The minimum atomic E-state index is -0.540. The van der Waals surface area contributed by atoms with Gasteiger partial charge in [-0.05, 0) is 13.3 Å². The third kappa shape index (κ3) is 4.95. The molecule has 2 N–H and O–H groups in total. The summed E-state index contributed by atoms with van der Waals surface area (Å²) < 4.78 is 5.17. The maximum absolute atomic E-state index is 9.10. The topological polar surface area (TPSA) is 49.7 Å². The molecule has 0 heterocycles. The quantitative estimate of drug-likeness (QED) is 0.550. The molecule has 0 saturated heterocycles. The van der Waals surface area contributed by atoms with Crippen LogP contribution in [0, 0.1) is 0 Å². The molecule has 0 amide bonds. The van der Waals surface area contributed by atoms with Crippen molar-refractivity contribution >= 4 is 0 Å². The molecule has 0 fully saturated rings. The summed E-state index contributed by atoms with van der Waals surface area (Å²) in [7, 11) is 0. The first-order valence-electron chi connectivity index (χ1n) is 3.73. The van der Waals surface area contributed by atoms with E-state index in [9.17, 15) is 0 Å². The summed E-state index contributed by atoms with van der Waals surface area (Å²) in [4.78, 5) is 0. The summed E-state index contributed by atoms with van der Waals surface area (Å²) in [6.07, 6.45) is 1.26. The zero-order valence-corrected chi connectivity index (χ0v) is 6.86. The van der Waals surface area contributed by atoms with E-state index in [1.807, 2.05) is 0 Å². The molecule has 66 valence electrons. The van der Waals surface area contributed by atoms with E-state index in [-0.39, 0.29) is 12.7 Å². The van der Waals surface area contributed by atoms with Gasteiger partial charge in [-0.2, -0.15) is 0 Å². The Morgan fingerprint density at radius 2 is 2.27 bits per heavy atom. The molecule has 3 nitrogen and oxygen atoms in total.